The van der Waals surface area contributed by atoms with Crippen molar-refractivity contribution in [3.05, 3.63) is 24.3 Å². The zero-order valence-corrected chi connectivity index (χ0v) is 9.35. The molecule has 92 valence electrons. The summed E-state index contributed by atoms with van der Waals surface area (Å²) < 4.78 is 5.52. The number of nitrogens with one attached hydrogen (secondary N) is 1. The van der Waals surface area contributed by atoms with Gasteiger partial charge in [-0.25, -0.2) is 4.79 Å². The Kier molecular flexibility index (Phi) is 3.19. The van der Waals surface area contributed by atoms with Crippen LogP contribution in [0.25, 0.3) is 0 Å². The second kappa shape index (κ2) is 4.63. The lowest BCUT2D eigenvalue weighted by atomic mass is 9.94. The van der Waals surface area contributed by atoms with Crippen molar-refractivity contribution in [2.24, 2.45) is 0 Å². The van der Waals surface area contributed by atoms with Gasteiger partial charge in [-0.3, -0.25) is 0 Å². The molecular weight excluding hydrogens is 222 g/mol. The lowest BCUT2D eigenvalue weighted by molar-refractivity contribution is -0.156. The Bertz CT molecular complexity index is 413. The summed E-state index contributed by atoms with van der Waals surface area (Å²) in [6.07, 6.45) is 1.17. The molecule has 0 spiro atoms. The Balaban J connectivity index is 2.24. The van der Waals surface area contributed by atoms with E-state index in [1.807, 2.05) is 0 Å². The maximum atomic E-state index is 11.3. The van der Waals surface area contributed by atoms with E-state index < -0.39 is 11.6 Å². The molecule has 0 saturated carbocycles. The van der Waals surface area contributed by atoms with Crippen molar-refractivity contribution in [3.63, 3.8) is 0 Å². The minimum absolute atomic E-state index is 0.0429. The quantitative estimate of drug-likeness (QED) is 0.730. The number of piperidine rings is 1. The Morgan fingerprint density at radius 3 is 2.76 bits per heavy atom. The first-order valence-corrected chi connectivity index (χ1v) is 5.55. The minimum atomic E-state index is -1.28. The van der Waals surface area contributed by atoms with Crippen molar-refractivity contribution in [1.82, 2.24) is 5.32 Å². The first-order chi connectivity index (χ1) is 8.14. The maximum Gasteiger partial charge on any atom is 0.349 e. The van der Waals surface area contributed by atoms with Gasteiger partial charge >= 0.3 is 5.97 Å². The Morgan fingerprint density at radius 2 is 2.18 bits per heavy atom. The Labute approximate surface area is 99.0 Å². The number of carboxylic acid groups (broad SMARTS) is 1. The van der Waals surface area contributed by atoms with E-state index in [4.69, 9.17) is 4.74 Å². The summed E-state index contributed by atoms with van der Waals surface area (Å²) in [6, 6.07) is 6.39. The molecule has 1 aromatic rings. The van der Waals surface area contributed by atoms with Gasteiger partial charge in [-0.2, -0.15) is 0 Å². The van der Waals surface area contributed by atoms with E-state index in [0.29, 0.717) is 6.42 Å². The highest BCUT2D eigenvalue weighted by Gasteiger charge is 2.42. The highest BCUT2D eigenvalue weighted by Crippen LogP contribution is 2.31. The van der Waals surface area contributed by atoms with Gasteiger partial charge in [0.25, 0.3) is 0 Å². The standard InChI is InChI=1S/C12H15NO4/c14-9-4-1-2-5-10(9)17-12(11(15)16)6-3-7-13-8-12/h1-2,4-5,13-14H,3,6-8H2,(H,15,16). The SMILES string of the molecule is O=C(O)C1(Oc2ccccc2O)CCCNC1. The maximum absolute atomic E-state index is 11.3. The van der Waals surface area contributed by atoms with Gasteiger partial charge in [0.1, 0.15) is 0 Å². The zero-order chi connectivity index (χ0) is 12.3. The van der Waals surface area contributed by atoms with Gasteiger partial charge in [-0.05, 0) is 25.1 Å². The van der Waals surface area contributed by atoms with Crippen molar-refractivity contribution in [3.8, 4) is 11.5 Å². The molecule has 1 saturated heterocycles. The van der Waals surface area contributed by atoms with Gasteiger partial charge in [-0.15, -0.1) is 0 Å². The summed E-state index contributed by atoms with van der Waals surface area (Å²) in [5, 5.41) is 21.9. The summed E-state index contributed by atoms with van der Waals surface area (Å²) in [7, 11) is 0. The molecule has 1 fully saturated rings. The van der Waals surface area contributed by atoms with E-state index >= 15 is 0 Å². The zero-order valence-electron chi connectivity index (χ0n) is 9.35. The number of carbonyl (C=O) groups is 1. The van der Waals surface area contributed by atoms with Gasteiger partial charge in [0, 0.05) is 13.0 Å². The molecule has 0 aromatic heterocycles. The van der Waals surface area contributed by atoms with Crippen molar-refractivity contribution in [1.29, 1.82) is 0 Å². The highest BCUT2D eigenvalue weighted by molar-refractivity contribution is 5.78. The summed E-state index contributed by atoms with van der Waals surface area (Å²) in [5.74, 6) is -0.842. The number of rotatable bonds is 3. The molecule has 0 radical (unpaired) electrons. The average Bonchev–Trinajstić information content (AvgIpc) is 2.33. The van der Waals surface area contributed by atoms with Crippen LogP contribution in [0.3, 0.4) is 0 Å². The van der Waals surface area contributed by atoms with Crippen LogP contribution in [0.5, 0.6) is 11.5 Å². The number of aromatic hydroxyl groups is 1. The third-order valence-corrected chi connectivity index (χ3v) is 2.91. The Hall–Kier alpha value is -1.75. The van der Waals surface area contributed by atoms with Crippen molar-refractivity contribution in [2.45, 2.75) is 18.4 Å². The predicted molar refractivity (Wildman–Crippen MR) is 61.2 cm³/mol. The molecule has 5 heteroatoms. The number of hydrogen-bond donors (Lipinski definition) is 3. The van der Waals surface area contributed by atoms with E-state index in [-0.39, 0.29) is 18.0 Å². The summed E-state index contributed by atoms with van der Waals surface area (Å²) in [4.78, 5) is 11.3. The third-order valence-electron chi connectivity index (χ3n) is 2.91. The summed E-state index contributed by atoms with van der Waals surface area (Å²) >= 11 is 0. The Morgan fingerprint density at radius 1 is 1.41 bits per heavy atom. The molecule has 1 unspecified atom stereocenters. The molecular formula is C12H15NO4. The van der Waals surface area contributed by atoms with Gasteiger partial charge in [-0.1, -0.05) is 12.1 Å². The highest BCUT2D eigenvalue weighted by atomic mass is 16.5. The molecule has 0 amide bonds. The van der Waals surface area contributed by atoms with Gasteiger partial charge in [0.2, 0.25) is 5.60 Å². The smallest absolute Gasteiger partial charge is 0.349 e. The number of aliphatic carboxylic acids is 1. The van der Waals surface area contributed by atoms with E-state index in [1.54, 1.807) is 18.2 Å². The topological polar surface area (TPSA) is 78.8 Å². The normalized spacial score (nSPS) is 24.2. The molecule has 0 aliphatic carbocycles. The molecule has 0 bridgehead atoms. The fourth-order valence-corrected chi connectivity index (χ4v) is 1.94. The number of phenols is 1. The van der Waals surface area contributed by atoms with Crippen LogP contribution in [0.2, 0.25) is 0 Å². The monoisotopic (exact) mass is 237 g/mol. The summed E-state index contributed by atoms with van der Waals surface area (Å²) in [5.41, 5.74) is -1.28. The van der Waals surface area contributed by atoms with Crippen molar-refractivity contribution < 1.29 is 19.7 Å². The van der Waals surface area contributed by atoms with E-state index in [2.05, 4.69) is 5.32 Å². The summed E-state index contributed by atoms with van der Waals surface area (Å²) in [6.45, 7) is 1.04. The fraction of sp³-hybridized carbons (Fsp3) is 0.417. The predicted octanol–water partition coefficient (Wildman–Crippen LogP) is 0.978. The van der Waals surface area contributed by atoms with Gasteiger partial charge in [0.15, 0.2) is 11.5 Å². The van der Waals surface area contributed by atoms with Crippen molar-refractivity contribution >= 4 is 5.97 Å². The van der Waals surface area contributed by atoms with E-state index in [9.17, 15) is 15.0 Å². The number of hydrogen-bond acceptors (Lipinski definition) is 4. The largest absolute Gasteiger partial charge is 0.504 e. The second-order valence-electron chi connectivity index (χ2n) is 4.15. The van der Waals surface area contributed by atoms with Crippen LogP contribution in [0.1, 0.15) is 12.8 Å². The first kappa shape index (κ1) is 11.7. The van der Waals surface area contributed by atoms with Gasteiger partial charge < -0.3 is 20.3 Å². The van der Waals surface area contributed by atoms with Crippen molar-refractivity contribution in [2.75, 3.05) is 13.1 Å². The number of benzene rings is 1. The fourth-order valence-electron chi connectivity index (χ4n) is 1.94. The molecule has 1 aliphatic rings. The molecule has 1 aromatic carbocycles. The molecule has 1 aliphatic heterocycles. The third kappa shape index (κ3) is 2.34. The average molecular weight is 237 g/mol. The van der Waals surface area contributed by atoms with Crippen LogP contribution >= 0.6 is 0 Å². The molecule has 1 heterocycles. The lowest BCUT2D eigenvalue weighted by Gasteiger charge is -2.34. The van der Waals surface area contributed by atoms with Crippen LogP contribution in [-0.4, -0.2) is 34.9 Å². The molecule has 3 N–H and O–H groups in total. The van der Waals surface area contributed by atoms with Crippen LogP contribution in [0.15, 0.2) is 24.3 Å². The number of carboxylic acids is 1. The molecule has 2 rings (SSSR count). The van der Waals surface area contributed by atoms with Crippen LogP contribution in [0.4, 0.5) is 0 Å². The van der Waals surface area contributed by atoms with E-state index in [0.717, 1.165) is 13.0 Å². The number of para-hydroxylation sites is 2. The van der Waals surface area contributed by atoms with E-state index in [1.165, 1.54) is 6.07 Å². The van der Waals surface area contributed by atoms with Crippen LogP contribution in [0, 0.1) is 0 Å². The van der Waals surface area contributed by atoms with Crippen LogP contribution < -0.4 is 10.1 Å². The number of ether oxygens (including phenoxy) is 1. The van der Waals surface area contributed by atoms with Crippen LogP contribution in [-0.2, 0) is 4.79 Å². The van der Waals surface area contributed by atoms with Gasteiger partial charge in [0.05, 0.1) is 0 Å². The molecule has 5 nitrogen and oxygen atoms in total. The second-order valence-corrected chi connectivity index (χ2v) is 4.15. The molecule has 17 heavy (non-hydrogen) atoms. The number of phenolic OH excluding ortho intramolecular Hbond substituents is 1. The first-order valence-electron chi connectivity index (χ1n) is 5.55. The molecule has 1 atom stereocenters. The lowest BCUT2D eigenvalue weighted by Crippen LogP contribution is -2.55. The minimum Gasteiger partial charge on any atom is -0.504 e.